The molecule has 172 valence electrons. The van der Waals surface area contributed by atoms with Gasteiger partial charge in [-0.1, -0.05) is 30.3 Å². The summed E-state index contributed by atoms with van der Waals surface area (Å²) in [7, 11) is 0. The Morgan fingerprint density at radius 3 is 2.51 bits per heavy atom. The zero-order valence-corrected chi connectivity index (χ0v) is 19.1. The fraction of sp³-hybridized carbons (Fsp3) is 0.143. The van der Waals surface area contributed by atoms with Crippen LogP contribution in [0.1, 0.15) is 29.0 Å². The van der Waals surface area contributed by atoms with Crippen molar-refractivity contribution in [2.75, 3.05) is 5.32 Å². The molecule has 5 aromatic rings. The molecule has 1 amide bonds. The minimum absolute atomic E-state index is 0.226. The van der Waals surface area contributed by atoms with Crippen LogP contribution in [0.3, 0.4) is 0 Å². The summed E-state index contributed by atoms with van der Waals surface area (Å²) in [6.07, 6.45) is 10.7. The lowest BCUT2D eigenvalue weighted by atomic mass is 10.1. The molecule has 2 aromatic carbocycles. The summed E-state index contributed by atoms with van der Waals surface area (Å²) in [4.78, 5) is 22.3. The third-order valence-electron chi connectivity index (χ3n) is 6.26. The van der Waals surface area contributed by atoms with Gasteiger partial charge in [-0.2, -0.15) is 5.10 Å². The molecule has 1 aliphatic rings. The molecule has 0 bridgehead atoms. The first-order valence-corrected chi connectivity index (χ1v) is 11.8. The normalized spacial score (nSPS) is 12.8. The Morgan fingerprint density at radius 1 is 0.886 bits per heavy atom. The molecule has 6 rings (SSSR count). The number of para-hydroxylation sites is 1. The number of aryl methyl sites for hydroxylation is 2. The second kappa shape index (κ2) is 9.02. The van der Waals surface area contributed by atoms with Crippen LogP contribution in [0.25, 0.3) is 28.2 Å². The van der Waals surface area contributed by atoms with E-state index in [0.29, 0.717) is 16.9 Å². The standard InChI is InChI=1S/C28H24N6O/c35-28(30-22-13-11-20(12-14-22)25-19-33-16-5-4-10-26(33)31-25)24-18-34(23-8-2-1-3-9-23)32-27(24)21-7-6-15-29-17-21/h1-3,6-9,11-15,17-19H,4-5,10,16H2,(H,30,35). The first kappa shape index (κ1) is 21.0. The Labute approximate surface area is 203 Å². The highest BCUT2D eigenvalue weighted by Crippen LogP contribution is 2.26. The quantitative estimate of drug-likeness (QED) is 0.382. The van der Waals surface area contributed by atoms with Crippen LogP contribution >= 0.6 is 0 Å². The molecule has 0 atom stereocenters. The molecular weight excluding hydrogens is 436 g/mol. The largest absolute Gasteiger partial charge is 0.334 e. The number of nitrogens with one attached hydrogen (secondary N) is 1. The van der Waals surface area contributed by atoms with Crippen molar-refractivity contribution < 1.29 is 4.79 Å². The van der Waals surface area contributed by atoms with Gasteiger partial charge in [-0.15, -0.1) is 0 Å². The Morgan fingerprint density at radius 2 is 1.74 bits per heavy atom. The lowest BCUT2D eigenvalue weighted by Gasteiger charge is -2.11. The molecule has 3 aromatic heterocycles. The average molecular weight is 461 g/mol. The second-order valence-electron chi connectivity index (χ2n) is 8.64. The molecule has 0 saturated carbocycles. The number of benzene rings is 2. The van der Waals surface area contributed by atoms with Gasteiger partial charge in [0.1, 0.15) is 11.5 Å². The van der Waals surface area contributed by atoms with E-state index in [9.17, 15) is 4.79 Å². The maximum absolute atomic E-state index is 13.3. The average Bonchev–Trinajstić information content (AvgIpc) is 3.55. The summed E-state index contributed by atoms with van der Waals surface area (Å²) in [5.74, 6) is 0.929. The van der Waals surface area contributed by atoms with E-state index in [1.54, 1.807) is 23.3 Å². The summed E-state index contributed by atoms with van der Waals surface area (Å²) in [5.41, 5.74) is 5.45. The SMILES string of the molecule is O=C(Nc1ccc(-c2cn3c(n2)CCCC3)cc1)c1cn(-c2ccccc2)nc1-c1cccnc1. The highest BCUT2D eigenvalue weighted by Gasteiger charge is 2.19. The number of carbonyl (C=O) groups excluding carboxylic acids is 1. The first-order chi connectivity index (χ1) is 17.2. The number of nitrogens with zero attached hydrogens (tertiary/aromatic N) is 5. The van der Waals surface area contributed by atoms with Crippen LogP contribution in [0.5, 0.6) is 0 Å². The third-order valence-corrected chi connectivity index (χ3v) is 6.26. The topological polar surface area (TPSA) is 77.6 Å². The highest BCUT2D eigenvalue weighted by atomic mass is 16.1. The maximum atomic E-state index is 13.3. The minimum Gasteiger partial charge on any atom is -0.334 e. The van der Waals surface area contributed by atoms with Crippen molar-refractivity contribution in [2.45, 2.75) is 25.8 Å². The zero-order chi connectivity index (χ0) is 23.6. The smallest absolute Gasteiger partial charge is 0.259 e. The number of rotatable bonds is 5. The lowest BCUT2D eigenvalue weighted by molar-refractivity contribution is 0.102. The third kappa shape index (κ3) is 4.24. The van der Waals surface area contributed by atoms with E-state index in [1.165, 1.54) is 12.8 Å². The predicted molar refractivity (Wildman–Crippen MR) is 135 cm³/mol. The van der Waals surface area contributed by atoms with Gasteiger partial charge in [0.25, 0.3) is 5.91 Å². The number of fused-ring (bicyclic) bond motifs is 1. The molecule has 0 fully saturated rings. The van der Waals surface area contributed by atoms with Gasteiger partial charge in [0.2, 0.25) is 0 Å². The van der Waals surface area contributed by atoms with E-state index >= 15 is 0 Å². The molecule has 7 heteroatoms. The van der Waals surface area contributed by atoms with Gasteiger partial charge in [0.15, 0.2) is 0 Å². The predicted octanol–water partition coefficient (Wildman–Crippen LogP) is 5.39. The molecule has 4 heterocycles. The summed E-state index contributed by atoms with van der Waals surface area (Å²) >= 11 is 0. The van der Waals surface area contributed by atoms with Crippen molar-refractivity contribution in [3.05, 3.63) is 103 Å². The minimum atomic E-state index is -0.226. The Balaban J connectivity index is 1.27. The summed E-state index contributed by atoms with van der Waals surface area (Å²) in [5, 5.41) is 7.73. The maximum Gasteiger partial charge on any atom is 0.259 e. The van der Waals surface area contributed by atoms with Gasteiger partial charge in [-0.3, -0.25) is 9.78 Å². The van der Waals surface area contributed by atoms with Crippen molar-refractivity contribution in [1.29, 1.82) is 0 Å². The molecule has 0 saturated heterocycles. The van der Waals surface area contributed by atoms with Crippen LogP contribution in [0.15, 0.2) is 91.5 Å². The van der Waals surface area contributed by atoms with Crippen LogP contribution < -0.4 is 5.32 Å². The molecule has 35 heavy (non-hydrogen) atoms. The number of pyridine rings is 1. The fourth-order valence-electron chi connectivity index (χ4n) is 4.44. The summed E-state index contributed by atoms with van der Waals surface area (Å²) in [6.45, 7) is 1.03. The molecular formula is C28H24N6O. The monoisotopic (exact) mass is 460 g/mol. The Bertz CT molecular complexity index is 1450. The van der Waals surface area contributed by atoms with E-state index in [-0.39, 0.29) is 5.91 Å². The van der Waals surface area contributed by atoms with E-state index in [4.69, 9.17) is 10.1 Å². The number of carbonyl (C=O) groups is 1. The molecule has 0 spiro atoms. The molecule has 0 unspecified atom stereocenters. The van der Waals surface area contributed by atoms with E-state index in [1.807, 2.05) is 66.7 Å². The van der Waals surface area contributed by atoms with Crippen molar-refractivity contribution in [3.8, 4) is 28.2 Å². The van der Waals surface area contributed by atoms with Crippen molar-refractivity contribution in [3.63, 3.8) is 0 Å². The van der Waals surface area contributed by atoms with Crippen LogP contribution in [-0.4, -0.2) is 30.2 Å². The second-order valence-corrected chi connectivity index (χ2v) is 8.64. The highest BCUT2D eigenvalue weighted by molar-refractivity contribution is 6.08. The first-order valence-electron chi connectivity index (χ1n) is 11.8. The van der Waals surface area contributed by atoms with Crippen molar-refractivity contribution in [2.24, 2.45) is 0 Å². The fourth-order valence-corrected chi connectivity index (χ4v) is 4.44. The van der Waals surface area contributed by atoms with Crippen LogP contribution in [0.4, 0.5) is 5.69 Å². The van der Waals surface area contributed by atoms with E-state index < -0.39 is 0 Å². The number of imidazole rings is 1. The van der Waals surface area contributed by atoms with Gasteiger partial charge in [0.05, 0.1) is 16.9 Å². The van der Waals surface area contributed by atoms with Crippen molar-refractivity contribution >= 4 is 11.6 Å². The van der Waals surface area contributed by atoms with Gasteiger partial charge >= 0.3 is 0 Å². The Hall–Kier alpha value is -4.52. The molecule has 0 radical (unpaired) electrons. The summed E-state index contributed by atoms with van der Waals surface area (Å²) in [6, 6.07) is 21.3. The Kier molecular flexibility index (Phi) is 5.42. The van der Waals surface area contributed by atoms with Gasteiger partial charge in [0, 0.05) is 54.6 Å². The molecule has 1 aliphatic heterocycles. The van der Waals surface area contributed by atoms with Gasteiger partial charge in [-0.05, 0) is 49.2 Å². The summed E-state index contributed by atoms with van der Waals surface area (Å²) < 4.78 is 3.97. The van der Waals surface area contributed by atoms with Crippen LogP contribution in [-0.2, 0) is 13.0 Å². The van der Waals surface area contributed by atoms with Gasteiger partial charge < -0.3 is 9.88 Å². The lowest BCUT2D eigenvalue weighted by Crippen LogP contribution is -2.12. The van der Waals surface area contributed by atoms with Crippen LogP contribution in [0, 0.1) is 0 Å². The number of aromatic nitrogens is 5. The molecule has 1 N–H and O–H groups in total. The van der Waals surface area contributed by atoms with E-state index in [0.717, 1.165) is 41.3 Å². The number of hydrogen-bond donors (Lipinski definition) is 1. The zero-order valence-electron chi connectivity index (χ0n) is 19.1. The number of anilines is 1. The molecule has 0 aliphatic carbocycles. The van der Waals surface area contributed by atoms with E-state index in [2.05, 4.69) is 21.1 Å². The number of hydrogen-bond acceptors (Lipinski definition) is 4. The van der Waals surface area contributed by atoms with Crippen molar-refractivity contribution in [1.82, 2.24) is 24.3 Å². The molecule has 7 nitrogen and oxygen atoms in total. The van der Waals surface area contributed by atoms with Gasteiger partial charge in [-0.25, -0.2) is 9.67 Å². The van der Waals surface area contributed by atoms with Crippen LogP contribution in [0.2, 0.25) is 0 Å². The number of amides is 1.